The Morgan fingerprint density at radius 1 is 1.44 bits per heavy atom. The van der Waals surface area contributed by atoms with E-state index < -0.39 is 0 Å². The quantitative estimate of drug-likeness (QED) is 0.792. The van der Waals surface area contributed by atoms with E-state index in [4.69, 9.17) is 11.6 Å². The van der Waals surface area contributed by atoms with Gasteiger partial charge < -0.3 is 0 Å². The minimum Gasteiger partial charge on any atom is -0.219 e. The van der Waals surface area contributed by atoms with E-state index in [2.05, 4.69) is 26.2 Å². The summed E-state index contributed by atoms with van der Waals surface area (Å²) in [5.41, 5.74) is 2.86. The topological polar surface area (TPSA) is 30.7 Å². The summed E-state index contributed by atoms with van der Waals surface area (Å²) in [7, 11) is 0. The second-order valence-corrected chi connectivity index (χ2v) is 5.44. The Bertz CT molecular complexity index is 508. The number of rotatable bonds is 2. The highest BCUT2D eigenvalue weighted by Crippen LogP contribution is 2.23. The van der Waals surface area contributed by atoms with E-state index in [0.717, 1.165) is 16.9 Å². The highest BCUT2D eigenvalue weighted by molar-refractivity contribution is 9.09. The van der Waals surface area contributed by atoms with Crippen LogP contribution in [0.5, 0.6) is 0 Å². The number of halogens is 2. The van der Waals surface area contributed by atoms with Crippen LogP contribution < -0.4 is 0 Å². The number of alkyl halides is 1. The lowest BCUT2D eigenvalue weighted by Gasteiger charge is -2.03. The fourth-order valence-corrected chi connectivity index (χ4v) is 1.91. The fraction of sp³-hybridized carbons (Fsp3) is 0.273. The van der Waals surface area contributed by atoms with E-state index in [1.165, 1.54) is 0 Å². The van der Waals surface area contributed by atoms with Crippen LogP contribution >= 0.6 is 27.5 Å². The normalized spacial score (nSPS) is 12.8. The van der Waals surface area contributed by atoms with E-state index in [1.807, 2.05) is 38.2 Å². The van der Waals surface area contributed by atoms with Gasteiger partial charge in [0.15, 0.2) is 0 Å². The van der Waals surface area contributed by atoms with Crippen LogP contribution in [0.15, 0.2) is 24.4 Å². The zero-order valence-corrected chi connectivity index (χ0v) is 11.3. The second-order valence-electron chi connectivity index (χ2n) is 3.66. The van der Waals surface area contributed by atoms with Crippen LogP contribution in [0.4, 0.5) is 0 Å². The van der Waals surface area contributed by atoms with Crippen molar-refractivity contribution in [3.05, 3.63) is 40.7 Å². The maximum atomic E-state index is 6.15. The zero-order valence-electron chi connectivity index (χ0n) is 8.98. The molecule has 0 fully saturated rings. The minimum absolute atomic E-state index is 0.186. The van der Waals surface area contributed by atoms with E-state index in [-0.39, 0.29) is 4.83 Å². The van der Waals surface area contributed by atoms with E-state index >= 15 is 0 Å². The molecule has 0 amide bonds. The molecule has 1 unspecified atom stereocenters. The molecule has 0 radical (unpaired) electrons. The number of hydrogen-bond donors (Lipinski definition) is 0. The molecule has 0 saturated heterocycles. The summed E-state index contributed by atoms with van der Waals surface area (Å²) < 4.78 is 1.69. The number of hydrogen-bond acceptors (Lipinski definition) is 2. The van der Waals surface area contributed by atoms with Crippen LogP contribution in [0.3, 0.4) is 0 Å². The third-order valence-corrected chi connectivity index (χ3v) is 3.04. The Hall–Kier alpha value is -0.870. The van der Waals surface area contributed by atoms with Crippen molar-refractivity contribution >= 4 is 27.5 Å². The Labute approximate surface area is 108 Å². The summed E-state index contributed by atoms with van der Waals surface area (Å²) in [6.07, 6.45) is 1.87. The average molecular weight is 301 g/mol. The van der Waals surface area contributed by atoms with Crippen LogP contribution in [0.25, 0.3) is 5.69 Å². The predicted octanol–water partition coefficient (Wildman–Crippen LogP) is 3.69. The number of nitrogens with zero attached hydrogens (tertiary/aromatic N) is 3. The van der Waals surface area contributed by atoms with Crippen molar-refractivity contribution in [3.8, 4) is 5.69 Å². The predicted molar refractivity (Wildman–Crippen MR) is 68.4 cm³/mol. The lowest BCUT2D eigenvalue weighted by Crippen LogP contribution is -1.96. The van der Waals surface area contributed by atoms with Crippen molar-refractivity contribution in [2.75, 3.05) is 0 Å². The minimum atomic E-state index is 0.186. The molecule has 84 valence electrons. The molecule has 1 aromatic carbocycles. The molecule has 3 nitrogen and oxygen atoms in total. The van der Waals surface area contributed by atoms with Gasteiger partial charge in [0.1, 0.15) is 0 Å². The molecule has 1 heterocycles. The Morgan fingerprint density at radius 2 is 2.19 bits per heavy atom. The van der Waals surface area contributed by atoms with E-state index in [1.54, 1.807) is 4.68 Å². The highest BCUT2D eigenvalue weighted by Gasteiger charge is 2.09. The largest absolute Gasteiger partial charge is 0.219 e. The van der Waals surface area contributed by atoms with E-state index in [9.17, 15) is 0 Å². The summed E-state index contributed by atoms with van der Waals surface area (Å²) in [5, 5.41) is 8.79. The van der Waals surface area contributed by atoms with Crippen molar-refractivity contribution in [2.45, 2.75) is 18.7 Å². The summed E-state index contributed by atoms with van der Waals surface area (Å²) in [6, 6.07) is 5.85. The van der Waals surface area contributed by atoms with Crippen LogP contribution in [0.2, 0.25) is 5.02 Å². The van der Waals surface area contributed by atoms with Gasteiger partial charge in [-0.2, -0.15) is 0 Å². The lowest BCUT2D eigenvalue weighted by molar-refractivity contribution is 0.797. The Morgan fingerprint density at radius 3 is 2.75 bits per heavy atom. The third kappa shape index (κ3) is 2.28. The molecule has 0 aliphatic heterocycles. The van der Waals surface area contributed by atoms with Crippen LogP contribution in [-0.4, -0.2) is 15.0 Å². The first-order valence-electron chi connectivity index (χ1n) is 4.91. The van der Waals surface area contributed by atoms with Gasteiger partial charge in [0.05, 0.1) is 27.4 Å². The Kier molecular flexibility index (Phi) is 3.30. The number of aromatic nitrogens is 3. The smallest absolute Gasteiger partial charge is 0.0965 e. The molecule has 1 atom stereocenters. The van der Waals surface area contributed by atoms with Crippen LogP contribution in [0, 0.1) is 6.92 Å². The first-order valence-corrected chi connectivity index (χ1v) is 6.20. The van der Waals surface area contributed by atoms with Crippen molar-refractivity contribution in [1.82, 2.24) is 15.0 Å². The van der Waals surface area contributed by atoms with Gasteiger partial charge in [-0.3, -0.25) is 0 Å². The van der Waals surface area contributed by atoms with Gasteiger partial charge in [0.25, 0.3) is 0 Å². The number of benzene rings is 1. The molecule has 0 spiro atoms. The van der Waals surface area contributed by atoms with Gasteiger partial charge in [-0.25, -0.2) is 4.68 Å². The molecule has 0 saturated carbocycles. The standard InChI is InChI=1S/C11H11BrClN3/c1-7-3-4-11(9(13)5-7)16-6-10(8(2)12)14-15-16/h3-6,8H,1-2H3. The zero-order chi connectivity index (χ0) is 11.7. The van der Waals surface area contributed by atoms with Gasteiger partial charge in [-0.05, 0) is 31.5 Å². The molecular weight excluding hydrogens is 289 g/mol. The van der Waals surface area contributed by atoms with E-state index in [0.29, 0.717) is 5.02 Å². The average Bonchev–Trinajstić information content (AvgIpc) is 2.66. The first-order chi connectivity index (χ1) is 7.58. The molecule has 0 N–H and O–H groups in total. The van der Waals surface area contributed by atoms with Crippen LogP contribution in [-0.2, 0) is 0 Å². The summed E-state index contributed by atoms with van der Waals surface area (Å²) >= 11 is 9.60. The van der Waals surface area contributed by atoms with Crippen LogP contribution in [0.1, 0.15) is 23.0 Å². The van der Waals surface area contributed by atoms with Crippen molar-refractivity contribution < 1.29 is 0 Å². The molecule has 1 aromatic heterocycles. The van der Waals surface area contributed by atoms with Gasteiger partial charge >= 0.3 is 0 Å². The summed E-state index contributed by atoms with van der Waals surface area (Å²) in [6.45, 7) is 4.01. The molecular formula is C11H11BrClN3. The summed E-state index contributed by atoms with van der Waals surface area (Å²) in [4.78, 5) is 0.186. The maximum absolute atomic E-state index is 6.15. The third-order valence-electron chi connectivity index (χ3n) is 2.27. The maximum Gasteiger partial charge on any atom is 0.0965 e. The lowest BCUT2D eigenvalue weighted by atomic mass is 10.2. The molecule has 0 aliphatic carbocycles. The monoisotopic (exact) mass is 299 g/mol. The molecule has 2 rings (SSSR count). The molecule has 2 aromatic rings. The highest BCUT2D eigenvalue weighted by atomic mass is 79.9. The molecule has 0 bridgehead atoms. The Balaban J connectivity index is 2.42. The van der Waals surface area contributed by atoms with Crippen molar-refractivity contribution in [1.29, 1.82) is 0 Å². The summed E-state index contributed by atoms with van der Waals surface area (Å²) in [5.74, 6) is 0. The van der Waals surface area contributed by atoms with Crippen molar-refractivity contribution in [2.24, 2.45) is 0 Å². The fourth-order valence-electron chi connectivity index (χ4n) is 1.37. The van der Waals surface area contributed by atoms with Gasteiger partial charge in [-0.15, -0.1) is 5.10 Å². The number of aryl methyl sites for hydroxylation is 1. The molecule has 5 heteroatoms. The van der Waals surface area contributed by atoms with Gasteiger partial charge in [-0.1, -0.05) is 38.8 Å². The van der Waals surface area contributed by atoms with Crippen molar-refractivity contribution in [3.63, 3.8) is 0 Å². The SMILES string of the molecule is Cc1ccc(-n2cc(C(C)Br)nn2)c(Cl)c1. The van der Waals surface area contributed by atoms with Gasteiger partial charge in [0, 0.05) is 0 Å². The second kappa shape index (κ2) is 4.55. The molecule has 16 heavy (non-hydrogen) atoms. The first kappa shape index (κ1) is 11.6. The van der Waals surface area contributed by atoms with Gasteiger partial charge in [0.2, 0.25) is 0 Å². The molecule has 0 aliphatic rings.